The Bertz CT molecular complexity index is 791. The number of likely N-dealkylation sites (tertiary alicyclic amines) is 1. The van der Waals surface area contributed by atoms with Crippen molar-refractivity contribution in [2.24, 2.45) is 0 Å². The van der Waals surface area contributed by atoms with Crippen LogP contribution in [-0.4, -0.2) is 23.0 Å². The zero-order chi connectivity index (χ0) is 16.9. The van der Waals surface area contributed by atoms with Crippen LogP contribution in [-0.2, 0) is 6.54 Å². The van der Waals surface area contributed by atoms with Gasteiger partial charge in [0.15, 0.2) is 0 Å². The number of hydrogen-bond acceptors (Lipinski definition) is 2. The summed E-state index contributed by atoms with van der Waals surface area (Å²) in [5.41, 5.74) is 4.95. The van der Waals surface area contributed by atoms with E-state index >= 15 is 0 Å². The summed E-state index contributed by atoms with van der Waals surface area (Å²) in [4.78, 5) is 7.52. The molecule has 0 radical (unpaired) electrons. The van der Waals surface area contributed by atoms with Crippen molar-refractivity contribution < 1.29 is 0 Å². The zero-order valence-electron chi connectivity index (χ0n) is 14.5. The molecule has 1 fully saturated rings. The molecule has 2 heterocycles. The second-order valence-corrected chi connectivity index (χ2v) is 6.85. The van der Waals surface area contributed by atoms with E-state index < -0.39 is 0 Å². The number of rotatable bonds is 4. The second kappa shape index (κ2) is 7.62. The summed E-state index contributed by atoms with van der Waals surface area (Å²) in [5, 5.41) is 0. The molecule has 0 atom stereocenters. The number of hydrogen-bond donors (Lipinski definition) is 0. The molecule has 0 saturated carbocycles. The summed E-state index contributed by atoms with van der Waals surface area (Å²) in [6, 6.07) is 27.7. The number of pyridine rings is 1. The Morgan fingerprint density at radius 3 is 2.16 bits per heavy atom. The van der Waals surface area contributed by atoms with Gasteiger partial charge in [-0.1, -0.05) is 66.7 Å². The maximum Gasteiger partial charge on any atom is 0.0705 e. The van der Waals surface area contributed by atoms with Crippen molar-refractivity contribution in [3.05, 3.63) is 90.1 Å². The Kier molecular flexibility index (Phi) is 4.89. The Labute approximate surface area is 150 Å². The predicted molar refractivity (Wildman–Crippen MR) is 103 cm³/mol. The average Bonchev–Trinajstić information content (AvgIpc) is 2.70. The Morgan fingerprint density at radius 1 is 0.760 bits per heavy atom. The lowest BCUT2D eigenvalue weighted by molar-refractivity contribution is 0.203. The van der Waals surface area contributed by atoms with Gasteiger partial charge in [-0.2, -0.15) is 0 Å². The lowest BCUT2D eigenvalue weighted by atomic mass is 9.92. The van der Waals surface area contributed by atoms with Crippen molar-refractivity contribution >= 4 is 0 Å². The van der Waals surface area contributed by atoms with Gasteiger partial charge in [0.1, 0.15) is 0 Å². The third kappa shape index (κ3) is 3.97. The normalized spacial score (nSPS) is 16.0. The summed E-state index contributed by atoms with van der Waals surface area (Å²) in [5.74, 6) is 0.579. The monoisotopic (exact) mass is 328 g/mol. The molecule has 1 aliphatic rings. The summed E-state index contributed by atoms with van der Waals surface area (Å²) >= 11 is 0. The van der Waals surface area contributed by atoms with Crippen molar-refractivity contribution in [2.75, 3.05) is 13.1 Å². The number of nitrogens with zero attached hydrogens (tertiary/aromatic N) is 2. The molecule has 2 aromatic carbocycles. The van der Waals surface area contributed by atoms with Crippen LogP contribution in [0.2, 0.25) is 0 Å². The molecule has 1 saturated heterocycles. The van der Waals surface area contributed by atoms with Crippen LogP contribution in [0, 0.1) is 0 Å². The lowest BCUT2D eigenvalue weighted by Gasteiger charge is -2.31. The summed E-state index contributed by atoms with van der Waals surface area (Å²) in [6.07, 6.45) is 2.39. The topological polar surface area (TPSA) is 16.1 Å². The first kappa shape index (κ1) is 16.0. The first-order chi connectivity index (χ1) is 12.4. The SMILES string of the molecule is c1ccc(CN2CCC(c3cccc(-c4ccccc4)n3)CC2)cc1. The molecule has 126 valence electrons. The third-order valence-corrected chi connectivity index (χ3v) is 5.10. The predicted octanol–water partition coefficient (Wildman–Crippen LogP) is 5.13. The molecule has 1 aromatic heterocycles. The number of benzene rings is 2. The fourth-order valence-corrected chi connectivity index (χ4v) is 3.68. The molecule has 2 heteroatoms. The van der Waals surface area contributed by atoms with E-state index in [-0.39, 0.29) is 0 Å². The first-order valence-corrected chi connectivity index (χ1v) is 9.17. The molecular weight excluding hydrogens is 304 g/mol. The molecule has 0 N–H and O–H groups in total. The number of piperidine rings is 1. The zero-order valence-corrected chi connectivity index (χ0v) is 14.5. The van der Waals surface area contributed by atoms with Gasteiger partial charge >= 0.3 is 0 Å². The van der Waals surface area contributed by atoms with E-state index in [1.807, 2.05) is 0 Å². The van der Waals surface area contributed by atoms with E-state index in [2.05, 4.69) is 83.8 Å². The largest absolute Gasteiger partial charge is 0.299 e. The highest BCUT2D eigenvalue weighted by Crippen LogP contribution is 2.29. The highest BCUT2D eigenvalue weighted by molar-refractivity contribution is 5.58. The smallest absolute Gasteiger partial charge is 0.0705 e. The molecule has 4 rings (SSSR count). The first-order valence-electron chi connectivity index (χ1n) is 9.17. The van der Waals surface area contributed by atoms with Gasteiger partial charge in [0.05, 0.1) is 5.69 Å². The molecule has 25 heavy (non-hydrogen) atoms. The van der Waals surface area contributed by atoms with E-state index in [0.29, 0.717) is 5.92 Å². The van der Waals surface area contributed by atoms with Crippen molar-refractivity contribution in [3.8, 4) is 11.3 Å². The minimum atomic E-state index is 0.579. The second-order valence-electron chi connectivity index (χ2n) is 6.85. The van der Waals surface area contributed by atoms with Crippen LogP contribution in [0.1, 0.15) is 30.0 Å². The van der Waals surface area contributed by atoms with Crippen molar-refractivity contribution in [1.82, 2.24) is 9.88 Å². The fraction of sp³-hybridized carbons (Fsp3) is 0.261. The van der Waals surface area contributed by atoms with Gasteiger partial charge in [0.2, 0.25) is 0 Å². The maximum atomic E-state index is 4.96. The van der Waals surface area contributed by atoms with Crippen LogP contribution < -0.4 is 0 Å². The van der Waals surface area contributed by atoms with Crippen LogP contribution in [0.3, 0.4) is 0 Å². The maximum absolute atomic E-state index is 4.96. The highest BCUT2D eigenvalue weighted by Gasteiger charge is 2.21. The van der Waals surface area contributed by atoms with Crippen LogP contribution in [0.5, 0.6) is 0 Å². The lowest BCUT2D eigenvalue weighted by Crippen LogP contribution is -2.32. The van der Waals surface area contributed by atoms with Crippen molar-refractivity contribution in [1.29, 1.82) is 0 Å². The molecular formula is C23H24N2. The summed E-state index contributed by atoms with van der Waals surface area (Å²) in [7, 11) is 0. The van der Waals surface area contributed by atoms with Gasteiger partial charge in [-0.05, 0) is 43.6 Å². The molecule has 0 unspecified atom stereocenters. The van der Waals surface area contributed by atoms with Gasteiger partial charge in [-0.3, -0.25) is 9.88 Å². The molecule has 1 aliphatic heterocycles. The van der Waals surface area contributed by atoms with E-state index in [9.17, 15) is 0 Å². The van der Waals surface area contributed by atoms with Crippen LogP contribution in [0.15, 0.2) is 78.9 Å². The standard InChI is InChI=1S/C23H24N2/c1-3-8-19(9-4-1)18-25-16-14-21(15-17-25)23-13-7-12-22(24-23)20-10-5-2-6-11-20/h1-13,21H,14-18H2. The Morgan fingerprint density at radius 2 is 1.44 bits per heavy atom. The number of aromatic nitrogens is 1. The minimum absolute atomic E-state index is 0.579. The molecule has 3 aromatic rings. The summed E-state index contributed by atoms with van der Waals surface area (Å²) in [6.45, 7) is 3.36. The van der Waals surface area contributed by atoms with Gasteiger partial charge in [-0.15, -0.1) is 0 Å². The van der Waals surface area contributed by atoms with Crippen LogP contribution in [0.4, 0.5) is 0 Å². The van der Waals surface area contributed by atoms with Crippen LogP contribution >= 0.6 is 0 Å². The quantitative estimate of drug-likeness (QED) is 0.660. The van der Waals surface area contributed by atoms with Crippen molar-refractivity contribution in [2.45, 2.75) is 25.3 Å². The molecule has 0 amide bonds. The van der Waals surface area contributed by atoms with E-state index in [0.717, 1.165) is 25.3 Å². The van der Waals surface area contributed by atoms with Gasteiger partial charge in [0.25, 0.3) is 0 Å². The molecule has 2 nitrogen and oxygen atoms in total. The Hall–Kier alpha value is -2.45. The van der Waals surface area contributed by atoms with Gasteiger partial charge in [-0.25, -0.2) is 0 Å². The molecule has 0 aliphatic carbocycles. The van der Waals surface area contributed by atoms with E-state index in [1.165, 1.54) is 29.7 Å². The van der Waals surface area contributed by atoms with E-state index in [4.69, 9.17) is 4.98 Å². The minimum Gasteiger partial charge on any atom is -0.299 e. The van der Waals surface area contributed by atoms with E-state index in [1.54, 1.807) is 0 Å². The third-order valence-electron chi connectivity index (χ3n) is 5.10. The van der Waals surface area contributed by atoms with Crippen molar-refractivity contribution in [3.63, 3.8) is 0 Å². The molecule has 0 spiro atoms. The average molecular weight is 328 g/mol. The fourth-order valence-electron chi connectivity index (χ4n) is 3.68. The van der Waals surface area contributed by atoms with Crippen LogP contribution in [0.25, 0.3) is 11.3 Å². The van der Waals surface area contributed by atoms with Gasteiger partial charge < -0.3 is 0 Å². The van der Waals surface area contributed by atoms with Gasteiger partial charge in [0, 0.05) is 23.7 Å². The highest BCUT2D eigenvalue weighted by atomic mass is 15.1. The summed E-state index contributed by atoms with van der Waals surface area (Å²) < 4.78 is 0. The Balaban J connectivity index is 1.41. The molecule has 0 bridgehead atoms.